The predicted octanol–water partition coefficient (Wildman–Crippen LogP) is 2.44. The Kier molecular flexibility index (Phi) is 6.25. The number of aromatic nitrogens is 1. The molecule has 0 radical (unpaired) electrons. The number of methoxy groups -OCH3 is 1. The minimum atomic E-state index is 0.130. The zero-order valence-corrected chi connectivity index (χ0v) is 12.9. The number of anilines is 1. The fourth-order valence-corrected chi connectivity index (χ4v) is 1.67. The van der Waals surface area contributed by atoms with Crippen LogP contribution in [0.25, 0.3) is 0 Å². The molecule has 0 aromatic carbocycles. The van der Waals surface area contributed by atoms with Gasteiger partial charge in [-0.05, 0) is 31.9 Å². The topological polar surface area (TPSA) is 37.4 Å². The largest absolute Gasteiger partial charge is 0.383 e. The maximum absolute atomic E-state index is 5.00. The first-order chi connectivity index (χ1) is 9.01. The zero-order chi connectivity index (χ0) is 14.3. The third-order valence-electron chi connectivity index (χ3n) is 3.74. The highest BCUT2D eigenvalue weighted by molar-refractivity contribution is 5.41. The van der Waals surface area contributed by atoms with Gasteiger partial charge in [0, 0.05) is 39.0 Å². The highest BCUT2D eigenvalue weighted by atomic mass is 16.5. The van der Waals surface area contributed by atoms with Crippen LogP contribution >= 0.6 is 0 Å². The molecule has 4 nitrogen and oxygen atoms in total. The van der Waals surface area contributed by atoms with Crippen molar-refractivity contribution in [3.05, 3.63) is 23.9 Å². The number of ether oxygens (including phenoxy) is 1. The van der Waals surface area contributed by atoms with Gasteiger partial charge in [-0.3, -0.25) is 0 Å². The van der Waals surface area contributed by atoms with Crippen LogP contribution in [0.1, 0.15) is 32.8 Å². The second-order valence-electron chi connectivity index (χ2n) is 5.42. The van der Waals surface area contributed by atoms with Crippen LogP contribution in [0.15, 0.2) is 18.3 Å². The molecule has 0 aliphatic carbocycles. The van der Waals surface area contributed by atoms with Gasteiger partial charge in [-0.15, -0.1) is 0 Å². The Morgan fingerprint density at radius 3 is 2.63 bits per heavy atom. The first-order valence-corrected chi connectivity index (χ1v) is 6.89. The molecule has 0 saturated heterocycles. The molecule has 1 rings (SSSR count). The Balaban J connectivity index is 2.56. The molecule has 1 N–H and O–H groups in total. The Bertz CT molecular complexity index is 362. The summed E-state index contributed by atoms with van der Waals surface area (Å²) in [7, 11) is 3.81. The summed E-state index contributed by atoms with van der Waals surface area (Å²) in [6.45, 7) is 9.09. The number of hydrogen-bond acceptors (Lipinski definition) is 4. The van der Waals surface area contributed by atoms with Crippen molar-refractivity contribution in [2.45, 2.75) is 39.3 Å². The molecule has 108 valence electrons. The Labute approximate surface area is 117 Å². The molecule has 0 fully saturated rings. The third-order valence-corrected chi connectivity index (χ3v) is 3.74. The van der Waals surface area contributed by atoms with E-state index in [1.54, 1.807) is 7.11 Å². The van der Waals surface area contributed by atoms with E-state index in [1.807, 2.05) is 6.20 Å². The molecular weight excluding hydrogens is 238 g/mol. The normalized spacial score (nSPS) is 11.6. The highest BCUT2D eigenvalue weighted by Crippen LogP contribution is 2.22. The van der Waals surface area contributed by atoms with Gasteiger partial charge in [-0.25, -0.2) is 4.98 Å². The van der Waals surface area contributed by atoms with Crippen molar-refractivity contribution in [3.63, 3.8) is 0 Å². The highest BCUT2D eigenvalue weighted by Gasteiger charge is 2.21. The summed E-state index contributed by atoms with van der Waals surface area (Å²) in [5, 5.41) is 3.31. The fourth-order valence-electron chi connectivity index (χ4n) is 1.67. The van der Waals surface area contributed by atoms with E-state index in [1.165, 1.54) is 5.56 Å². The van der Waals surface area contributed by atoms with Crippen LogP contribution in [0, 0.1) is 0 Å². The van der Waals surface area contributed by atoms with Gasteiger partial charge in [0.2, 0.25) is 0 Å². The van der Waals surface area contributed by atoms with Crippen molar-refractivity contribution in [3.8, 4) is 0 Å². The molecule has 0 unspecified atom stereocenters. The summed E-state index contributed by atoms with van der Waals surface area (Å²) in [6, 6.07) is 4.22. The smallest absolute Gasteiger partial charge is 0.128 e. The predicted molar refractivity (Wildman–Crippen MR) is 80.6 cm³/mol. The minimum absolute atomic E-state index is 0.130. The lowest BCUT2D eigenvalue weighted by atomic mass is 10.00. The van der Waals surface area contributed by atoms with E-state index in [2.05, 4.69) is 55.2 Å². The summed E-state index contributed by atoms with van der Waals surface area (Å²) in [4.78, 5) is 6.78. The van der Waals surface area contributed by atoms with Crippen molar-refractivity contribution >= 4 is 5.82 Å². The molecular formula is C15H27N3O. The summed E-state index contributed by atoms with van der Waals surface area (Å²) < 4.78 is 5.00. The van der Waals surface area contributed by atoms with E-state index in [0.29, 0.717) is 0 Å². The van der Waals surface area contributed by atoms with E-state index in [4.69, 9.17) is 4.74 Å². The SMILES string of the molecule is CCC(C)(C)N(C)c1ccc(CNCCOC)cn1. The molecule has 0 aliphatic heterocycles. The molecule has 1 aromatic rings. The maximum atomic E-state index is 5.00. The minimum Gasteiger partial charge on any atom is -0.383 e. The van der Waals surface area contributed by atoms with Crippen molar-refractivity contribution in [2.24, 2.45) is 0 Å². The van der Waals surface area contributed by atoms with Crippen molar-refractivity contribution in [1.82, 2.24) is 10.3 Å². The molecule has 1 heterocycles. The number of nitrogens with one attached hydrogen (secondary N) is 1. The van der Waals surface area contributed by atoms with Crippen LogP contribution in [0.5, 0.6) is 0 Å². The second kappa shape index (κ2) is 7.46. The fraction of sp³-hybridized carbons (Fsp3) is 0.667. The summed E-state index contributed by atoms with van der Waals surface area (Å²) in [5.41, 5.74) is 1.33. The Morgan fingerprint density at radius 1 is 1.37 bits per heavy atom. The van der Waals surface area contributed by atoms with E-state index < -0.39 is 0 Å². The average molecular weight is 265 g/mol. The van der Waals surface area contributed by atoms with Crippen molar-refractivity contribution in [2.75, 3.05) is 32.2 Å². The molecule has 0 spiro atoms. The number of pyridine rings is 1. The van der Waals surface area contributed by atoms with Gasteiger partial charge >= 0.3 is 0 Å². The van der Waals surface area contributed by atoms with E-state index in [-0.39, 0.29) is 5.54 Å². The number of hydrogen-bond donors (Lipinski definition) is 1. The average Bonchev–Trinajstić information content (AvgIpc) is 2.43. The quantitative estimate of drug-likeness (QED) is 0.733. The molecule has 1 aromatic heterocycles. The molecule has 0 amide bonds. The second-order valence-corrected chi connectivity index (χ2v) is 5.42. The van der Waals surface area contributed by atoms with Crippen LogP contribution in [0.4, 0.5) is 5.82 Å². The van der Waals surface area contributed by atoms with Gasteiger partial charge in [0.25, 0.3) is 0 Å². The van der Waals surface area contributed by atoms with Crippen molar-refractivity contribution in [1.29, 1.82) is 0 Å². The Morgan fingerprint density at radius 2 is 2.11 bits per heavy atom. The number of nitrogens with zero attached hydrogens (tertiary/aromatic N) is 2. The molecule has 0 saturated carbocycles. The summed E-state index contributed by atoms with van der Waals surface area (Å²) in [6.07, 6.45) is 3.03. The number of rotatable bonds is 8. The van der Waals surface area contributed by atoms with Gasteiger partial charge in [0.05, 0.1) is 6.61 Å². The van der Waals surface area contributed by atoms with Crippen LogP contribution in [-0.2, 0) is 11.3 Å². The van der Waals surface area contributed by atoms with Gasteiger partial charge in [-0.1, -0.05) is 13.0 Å². The van der Waals surface area contributed by atoms with Crippen LogP contribution in [-0.4, -0.2) is 37.8 Å². The van der Waals surface area contributed by atoms with Gasteiger partial charge in [0.15, 0.2) is 0 Å². The molecule has 0 atom stereocenters. The van der Waals surface area contributed by atoms with Crippen LogP contribution in [0.2, 0.25) is 0 Å². The van der Waals surface area contributed by atoms with E-state index in [9.17, 15) is 0 Å². The molecule has 19 heavy (non-hydrogen) atoms. The first kappa shape index (κ1) is 15.9. The van der Waals surface area contributed by atoms with E-state index >= 15 is 0 Å². The molecule has 4 heteroatoms. The standard InChI is InChI=1S/C15H27N3O/c1-6-15(2,3)18(4)14-8-7-13(12-17-14)11-16-9-10-19-5/h7-8,12,16H,6,9-11H2,1-5H3. The third kappa shape index (κ3) is 4.80. The van der Waals surface area contributed by atoms with Gasteiger partial charge < -0.3 is 15.0 Å². The first-order valence-electron chi connectivity index (χ1n) is 6.89. The van der Waals surface area contributed by atoms with Gasteiger partial charge in [0.1, 0.15) is 5.82 Å². The lowest BCUT2D eigenvalue weighted by molar-refractivity contribution is 0.199. The van der Waals surface area contributed by atoms with E-state index in [0.717, 1.165) is 31.9 Å². The maximum Gasteiger partial charge on any atom is 0.128 e. The monoisotopic (exact) mass is 265 g/mol. The molecule has 0 aliphatic rings. The molecule has 0 bridgehead atoms. The van der Waals surface area contributed by atoms with Crippen LogP contribution < -0.4 is 10.2 Å². The summed E-state index contributed by atoms with van der Waals surface area (Å²) in [5.74, 6) is 1.02. The zero-order valence-electron chi connectivity index (χ0n) is 12.9. The lowest BCUT2D eigenvalue weighted by Crippen LogP contribution is -2.41. The van der Waals surface area contributed by atoms with Crippen molar-refractivity contribution < 1.29 is 4.74 Å². The lowest BCUT2D eigenvalue weighted by Gasteiger charge is -2.35. The Hall–Kier alpha value is -1.13. The van der Waals surface area contributed by atoms with Crippen LogP contribution in [0.3, 0.4) is 0 Å². The van der Waals surface area contributed by atoms with Gasteiger partial charge in [-0.2, -0.15) is 0 Å². The summed E-state index contributed by atoms with van der Waals surface area (Å²) >= 11 is 0.